The van der Waals surface area contributed by atoms with Gasteiger partial charge in [-0.2, -0.15) is 0 Å². The molecule has 4 heteroatoms. The molecule has 0 amide bonds. The molecule has 0 radical (unpaired) electrons. The average molecular weight is 472 g/mol. The number of rotatable bonds is 4. The number of nitrogens with one attached hydrogen (secondary N) is 1. The van der Waals surface area contributed by atoms with E-state index >= 15 is 0 Å². The third kappa shape index (κ3) is 3.68. The number of hydrogen-bond donors (Lipinski definition) is 1. The van der Waals surface area contributed by atoms with Gasteiger partial charge in [0.2, 0.25) is 0 Å². The lowest BCUT2D eigenvalue weighted by Gasteiger charge is -2.38. The highest BCUT2D eigenvalue weighted by atomic mass is 35.5. The van der Waals surface area contributed by atoms with Crippen molar-refractivity contribution in [2.75, 3.05) is 5.32 Å². The predicted octanol–water partition coefficient (Wildman–Crippen LogP) is 8.55. The van der Waals surface area contributed by atoms with E-state index < -0.39 is 0 Å². The molecule has 6 rings (SSSR count). The number of benzene rings is 4. The summed E-state index contributed by atoms with van der Waals surface area (Å²) >= 11 is 13.1. The smallest absolute Gasteiger partial charge is 0.119 e. The summed E-state index contributed by atoms with van der Waals surface area (Å²) in [5.41, 5.74) is 4.49. The molecule has 1 heterocycles. The average Bonchev–Trinajstić information content (AvgIpc) is 3.35. The summed E-state index contributed by atoms with van der Waals surface area (Å²) in [5, 5.41) is 7.65. The Morgan fingerprint density at radius 3 is 2.52 bits per heavy atom. The lowest BCUT2D eigenvalue weighted by atomic mass is 9.77. The van der Waals surface area contributed by atoms with Crippen LogP contribution >= 0.6 is 23.2 Å². The van der Waals surface area contributed by atoms with Crippen LogP contribution in [0, 0.1) is 5.92 Å². The van der Waals surface area contributed by atoms with Crippen LogP contribution in [0.1, 0.15) is 35.1 Å². The maximum absolute atomic E-state index is 6.57. The summed E-state index contributed by atoms with van der Waals surface area (Å²) in [7, 11) is 0. The van der Waals surface area contributed by atoms with Gasteiger partial charge in [0, 0.05) is 16.5 Å². The minimum atomic E-state index is 0.167. The van der Waals surface area contributed by atoms with Crippen molar-refractivity contribution >= 4 is 39.7 Å². The largest absolute Gasteiger partial charge is 0.489 e. The van der Waals surface area contributed by atoms with Crippen molar-refractivity contribution in [1.82, 2.24) is 0 Å². The lowest BCUT2D eigenvalue weighted by molar-refractivity contribution is 0.307. The van der Waals surface area contributed by atoms with Crippen LogP contribution in [0.4, 0.5) is 5.69 Å². The summed E-state index contributed by atoms with van der Waals surface area (Å²) in [5.74, 6) is 1.56. The highest BCUT2D eigenvalue weighted by Gasteiger charge is 2.39. The van der Waals surface area contributed by atoms with E-state index in [1.807, 2.05) is 12.1 Å². The number of fused-ring (bicyclic) bond motifs is 4. The fourth-order valence-electron chi connectivity index (χ4n) is 5.31. The number of ether oxygens (including phenoxy) is 1. The van der Waals surface area contributed by atoms with E-state index in [1.165, 1.54) is 21.9 Å². The Morgan fingerprint density at radius 1 is 0.848 bits per heavy atom. The predicted molar refractivity (Wildman–Crippen MR) is 138 cm³/mol. The zero-order chi connectivity index (χ0) is 22.4. The minimum Gasteiger partial charge on any atom is -0.489 e. The molecule has 33 heavy (non-hydrogen) atoms. The topological polar surface area (TPSA) is 21.3 Å². The minimum absolute atomic E-state index is 0.167. The van der Waals surface area contributed by atoms with Crippen LogP contribution in [0.2, 0.25) is 10.0 Å². The van der Waals surface area contributed by atoms with Crippen LogP contribution in [0.5, 0.6) is 5.75 Å². The molecular formula is C29H23Cl2NO. The van der Waals surface area contributed by atoms with Crippen LogP contribution in [0.25, 0.3) is 10.8 Å². The van der Waals surface area contributed by atoms with Gasteiger partial charge in [-0.3, -0.25) is 0 Å². The van der Waals surface area contributed by atoms with Crippen molar-refractivity contribution in [2.45, 2.75) is 25.0 Å². The van der Waals surface area contributed by atoms with Gasteiger partial charge in [-0.05, 0) is 58.5 Å². The molecule has 0 aromatic heterocycles. The molecule has 2 nitrogen and oxygen atoms in total. The van der Waals surface area contributed by atoms with Gasteiger partial charge in [0.1, 0.15) is 12.4 Å². The monoisotopic (exact) mass is 471 g/mol. The first kappa shape index (κ1) is 20.7. The normalized spacial score (nSPS) is 20.8. The highest BCUT2D eigenvalue weighted by Crippen LogP contribution is 2.53. The molecular weight excluding hydrogens is 449 g/mol. The molecule has 0 saturated heterocycles. The van der Waals surface area contributed by atoms with Crippen LogP contribution < -0.4 is 10.1 Å². The SMILES string of the molecule is Clc1ccc(Cl)c2c1N[C@@H](c1ccc(OCc3cccc4ccccc34)cc1)[C@H]1CC=C[C@@H]21. The first-order valence-corrected chi connectivity index (χ1v) is 12.0. The van der Waals surface area contributed by atoms with Gasteiger partial charge in [0.25, 0.3) is 0 Å². The maximum atomic E-state index is 6.57. The number of anilines is 1. The molecule has 2 aliphatic rings. The molecule has 0 bridgehead atoms. The van der Waals surface area contributed by atoms with Gasteiger partial charge in [-0.15, -0.1) is 0 Å². The molecule has 4 aromatic rings. The maximum Gasteiger partial charge on any atom is 0.119 e. The van der Waals surface area contributed by atoms with Gasteiger partial charge < -0.3 is 10.1 Å². The molecule has 1 N–H and O–H groups in total. The molecule has 0 saturated carbocycles. The van der Waals surface area contributed by atoms with Gasteiger partial charge in [-0.25, -0.2) is 0 Å². The first-order valence-electron chi connectivity index (χ1n) is 11.3. The molecule has 1 aliphatic carbocycles. The van der Waals surface area contributed by atoms with Crippen molar-refractivity contribution in [3.05, 3.63) is 118 Å². The quantitative estimate of drug-likeness (QED) is 0.301. The van der Waals surface area contributed by atoms with Gasteiger partial charge >= 0.3 is 0 Å². The summed E-state index contributed by atoms with van der Waals surface area (Å²) in [6.07, 6.45) is 5.56. The van der Waals surface area contributed by atoms with Gasteiger partial charge in [0.05, 0.1) is 16.8 Å². The van der Waals surface area contributed by atoms with Crippen LogP contribution in [-0.4, -0.2) is 0 Å². The third-order valence-electron chi connectivity index (χ3n) is 6.93. The molecule has 1 aliphatic heterocycles. The summed E-state index contributed by atoms with van der Waals surface area (Å²) < 4.78 is 6.15. The lowest BCUT2D eigenvalue weighted by Crippen LogP contribution is -2.29. The fraction of sp³-hybridized carbons (Fsp3) is 0.172. The zero-order valence-corrected chi connectivity index (χ0v) is 19.5. The second-order valence-electron chi connectivity index (χ2n) is 8.79. The Balaban J connectivity index is 1.24. The Morgan fingerprint density at radius 2 is 1.64 bits per heavy atom. The molecule has 3 atom stereocenters. The molecule has 164 valence electrons. The third-order valence-corrected chi connectivity index (χ3v) is 7.57. The highest BCUT2D eigenvalue weighted by molar-refractivity contribution is 6.36. The van der Waals surface area contributed by atoms with Crippen LogP contribution in [0.15, 0.2) is 91.0 Å². The van der Waals surface area contributed by atoms with Crippen molar-refractivity contribution < 1.29 is 4.74 Å². The standard InChI is InChI=1S/C29H23Cl2NO/c30-25-15-16-26(31)29-27(25)23-9-4-10-24(23)28(32-29)19-11-13-21(14-12-19)33-17-20-7-3-6-18-5-1-2-8-22(18)20/h1-9,11-16,23-24,28,32H,10,17H2/t23-,24+,28+/m1/s1. The molecule has 0 spiro atoms. The Hall–Kier alpha value is -2.94. The second-order valence-corrected chi connectivity index (χ2v) is 9.60. The first-order chi connectivity index (χ1) is 16.2. The van der Waals surface area contributed by atoms with Gasteiger partial charge in [0.15, 0.2) is 0 Å². The summed E-state index contributed by atoms with van der Waals surface area (Å²) in [6, 6.07) is 27.1. The summed E-state index contributed by atoms with van der Waals surface area (Å²) in [4.78, 5) is 0. The Bertz CT molecular complexity index is 1360. The molecule has 0 fully saturated rings. The van der Waals surface area contributed by atoms with E-state index in [-0.39, 0.29) is 12.0 Å². The van der Waals surface area contributed by atoms with E-state index in [0.717, 1.165) is 28.4 Å². The number of hydrogen-bond acceptors (Lipinski definition) is 2. The number of halogens is 2. The van der Waals surface area contributed by atoms with E-state index in [0.29, 0.717) is 17.5 Å². The van der Waals surface area contributed by atoms with Crippen molar-refractivity contribution in [3.63, 3.8) is 0 Å². The Labute approximate surface area is 203 Å². The number of allylic oxidation sites excluding steroid dienone is 2. The van der Waals surface area contributed by atoms with Crippen molar-refractivity contribution in [2.24, 2.45) is 5.92 Å². The second kappa shape index (κ2) is 8.44. The van der Waals surface area contributed by atoms with Crippen molar-refractivity contribution in [1.29, 1.82) is 0 Å². The van der Waals surface area contributed by atoms with E-state index in [1.54, 1.807) is 0 Å². The van der Waals surface area contributed by atoms with Crippen molar-refractivity contribution in [3.8, 4) is 5.75 Å². The molecule has 4 aromatic carbocycles. The zero-order valence-electron chi connectivity index (χ0n) is 18.0. The van der Waals surface area contributed by atoms with E-state index in [9.17, 15) is 0 Å². The van der Waals surface area contributed by atoms with Gasteiger partial charge in [-0.1, -0.05) is 90.0 Å². The van der Waals surface area contributed by atoms with Crippen LogP contribution in [0.3, 0.4) is 0 Å². The summed E-state index contributed by atoms with van der Waals surface area (Å²) in [6.45, 7) is 0.540. The molecule has 0 unspecified atom stereocenters. The van der Waals surface area contributed by atoms with Crippen LogP contribution in [-0.2, 0) is 6.61 Å². The fourth-order valence-corrected chi connectivity index (χ4v) is 5.81. The Kier molecular flexibility index (Phi) is 5.28. The van der Waals surface area contributed by atoms with E-state index in [2.05, 4.69) is 84.2 Å². The van der Waals surface area contributed by atoms with E-state index in [4.69, 9.17) is 27.9 Å².